The molecule has 150 valence electrons. The zero-order valence-electron chi connectivity index (χ0n) is 17.2. The fraction of sp³-hybridized carbons (Fsp3) is 0.360. The lowest BCUT2D eigenvalue weighted by molar-refractivity contribution is -0.116. The number of ketones is 1. The number of rotatable bonds is 5. The highest BCUT2D eigenvalue weighted by Crippen LogP contribution is 2.30. The van der Waals surface area contributed by atoms with Crippen LogP contribution in [0.3, 0.4) is 0 Å². The molecule has 1 saturated carbocycles. The summed E-state index contributed by atoms with van der Waals surface area (Å²) in [6.07, 6.45) is 7.32. The van der Waals surface area contributed by atoms with Gasteiger partial charge in [0.05, 0.1) is 0 Å². The maximum absolute atomic E-state index is 13.2. The highest BCUT2D eigenvalue weighted by atomic mass is 16.2. The zero-order chi connectivity index (χ0) is 20.4. The molecule has 4 nitrogen and oxygen atoms in total. The van der Waals surface area contributed by atoms with E-state index >= 15 is 0 Å². The number of fused-ring (bicyclic) bond motifs is 1. The number of hydrogen-bond donors (Lipinski definition) is 1. The molecule has 1 N–H and O–H groups in total. The lowest BCUT2D eigenvalue weighted by Gasteiger charge is -2.19. The smallest absolute Gasteiger partial charge is 0.244 e. The SMILES string of the molecule is Cc1ccc(NC(=O)Cn2cc(C(=O)C3CCCCC3)c3ccccc32)cc1C. The van der Waals surface area contributed by atoms with Crippen molar-refractivity contribution in [2.75, 3.05) is 5.32 Å². The van der Waals surface area contributed by atoms with Crippen LogP contribution in [-0.2, 0) is 11.3 Å². The topological polar surface area (TPSA) is 51.1 Å². The number of para-hydroxylation sites is 1. The zero-order valence-corrected chi connectivity index (χ0v) is 17.2. The van der Waals surface area contributed by atoms with Gasteiger partial charge in [-0.25, -0.2) is 0 Å². The molecule has 4 heteroatoms. The van der Waals surface area contributed by atoms with Gasteiger partial charge in [0.1, 0.15) is 6.54 Å². The Labute approximate surface area is 171 Å². The predicted octanol–water partition coefficient (Wildman–Crippen LogP) is 5.66. The second kappa shape index (κ2) is 8.24. The number of anilines is 1. The average molecular weight is 389 g/mol. The molecule has 1 amide bonds. The van der Waals surface area contributed by atoms with E-state index < -0.39 is 0 Å². The van der Waals surface area contributed by atoms with Gasteiger partial charge in [-0.05, 0) is 56.0 Å². The number of carbonyl (C=O) groups is 2. The first-order valence-corrected chi connectivity index (χ1v) is 10.5. The molecule has 4 rings (SSSR count). The molecular weight excluding hydrogens is 360 g/mol. The molecule has 0 unspecified atom stereocenters. The molecule has 3 aromatic rings. The monoisotopic (exact) mass is 388 g/mol. The van der Waals surface area contributed by atoms with Crippen LogP contribution < -0.4 is 5.32 Å². The van der Waals surface area contributed by atoms with E-state index in [1.54, 1.807) is 0 Å². The van der Waals surface area contributed by atoms with Crippen molar-refractivity contribution in [3.8, 4) is 0 Å². The molecule has 1 fully saturated rings. The largest absolute Gasteiger partial charge is 0.337 e. The molecule has 29 heavy (non-hydrogen) atoms. The van der Waals surface area contributed by atoms with Crippen LogP contribution in [0.4, 0.5) is 5.69 Å². The molecule has 0 aliphatic heterocycles. The van der Waals surface area contributed by atoms with Gasteiger partial charge < -0.3 is 9.88 Å². The molecule has 1 aliphatic carbocycles. The van der Waals surface area contributed by atoms with Gasteiger partial charge in [0, 0.05) is 34.3 Å². The van der Waals surface area contributed by atoms with Gasteiger partial charge >= 0.3 is 0 Å². The van der Waals surface area contributed by atoms with Gasteiger partial charge in [-0.2, -0.15) is 0 Å². The molecule has 1 heterocycles. The number of Topliss-reactive ketones (excluding diaryl/α,β-unsaturated/α-hetero) is 1. The van der Waals surface area contributed by atoms with Crippen molar-refractivity contribution in [2.45, 2.75) is 52.5 Å². The Morgan fingerprint density at radius 3 is 2.52 bits per heavy atom. The summed E-state index contributed by atoms with van der Waals surface area (Å²) in [5.41, 5.74) is 4.83. The Balaban J connectivity index is 1.58. The highest BCUT2D eigenvalue weighted by molar-refractivity contribution is 6.09. The van der Waals surface area contributed by atoms with E-state index in [9.17, 15) is 9.59 Å². The molecule has 0 radical (unpaired) electrons. The van der Waals surface area contributed by atoms with Crippen molar-refractivity contribution < 1.29 is 9.59 Å². The highest BCUT2D eigenvalue weighted by Gasteiger charge is 2.25. The summed E-state index contributed by atoms with van der Waals surface area (Å²) >= 11 is 0. The Bertz CT molecular complexity index is 1060. The minimum Gasteiger partial charge on any atom is -0.337 e. The van der Waals surface area contributed by atoms with Crippen molar-refractivity contribution >= 4 is 28.3 Å². The number of carbonyl (C=O) groups excluding carboxylic acids is 2. The summed E-state index contributed by atoms with van der Waals surface area (Å²) in [5, 5.41) is 3.93. The number of benzene rings is 2. The van der Waals surface area contributed by atoms with Gasteiger partial charge in [0.15, 0.2) is 5.78 Å². The van der Waals surface area contributed by atoms with Gasteiger partial charge in [-0.15, -0.1) is 0 Å². The molecular formula is C25H28N2O2. The average Bonchev–Trinajstić information content (AvgIpc) is 3.09. The van der Waals surface area contributed by atoms with E-state index in [4.69, 9.17) is 0 Å². The lowest BCUT2D eigenvalue weighted by Crippen LogP contribution is -2.19. The first kappa shape index (κ1) is 19.4. The number of aromatic nitrogens is 1. The number of amides is 1. The van der Waals surface area contributed by atoms with E-state index in [-0.39, 0.29) is 24.2 Å². The lowest BCUT2D eigenvalue weighted by atomic mass is 9.84. The van der Waals surface area contributed by atoms with E-state index in [1.165, 1.54) is 12.0 Å². The normalized spacial score (nSPS) is 14.8. The third-order valence-corrected chi connectivity index (χ3v) is 6.13. The number of hydrogen-bond acceptors (Lipinski definition) is 2. The first-order valence-electron chi connectivity index (χ1n) is 10.5. The minimum absolute atomic E-state index is 0.0920. The maximum Gasteiger partial charge on any atom is 0.244 e. The molecule has 0 bridgehead atoms. The number of nitrogens with one attached hydrogen (secondary N) is 1. The van der Waals surface area contributed by atoms with Gasteiger partial charge in [-0.3, -0.25) is 9.59 Å². The molecule has 0 saturated heterocycles. The maximum atomic E-state index is 13.2. The second-order valence-electron chi connectivity index (χ2n) is 8.23. The summed E-state index contributed by atoms with van der Waals surface area (Å²) in [5.74, 6) is 0.257. The Hall–Kier alpha value is -2.88. The van der Waals surface area contributed by atoms with Gasteiger partial charge in [0.25, 0.3) is 0 Å². The Kier molecular flexibility index (Phi) is 5.52. The van der Waals surface area contributed by atoms with Crippen LogP contribution >= 0.6 is 0 Å². The van der Waals surface area contributed by atoms with Crippen LogP contribution in [0.15, 0.2) is 48.7 Å². The quantitative estimate of drug-likeness (QED) is 0.573. The summed E-state index contributed by atoms with van der Waals surface area (Å²) in [7, 11) is 0. The Morgan fingerprint density at radius 1 is 1.00 bits per heavy atom. The number of aryl methyl sites for hydroxylation is 2. The molecule has 2 aromatic carbocycles. The fourth-order valence-corrected chi connectivity index (χ4v) is 4.33. The van der Waals surface area contributed by atoms with E-state index in [0.717, 1.165) is 53.4 Å². The Morgan fingerprint density at radius 2 is 1.76 bits per heavy atom. The summed E-state index contributed by atoms with van der Waals surface area (Å²) in [6.45, 7) is 4.27. The summed E-state index contributed by atoms with van der Waals surface area (Å²) in [6, 6.07) is 13.8. The summed E-state index contributed by atoms with van der Waals surface area (Å²) < 4.78 is 1.90. The van der Waals surface area contributed by atoms with E-state index in [1.807, 2.05) is 60.2 Å². The van der Waals surface area contributed by atoms with Crippen LogP contribution in [0, 0.1) is 19.8 Å². The van der Waals surface area contributed by atoms with Gasteiger partial charge in [0.2, 0.25) is 5.91 Å². The van der Waals surface area contributed by atoms with E-state index in [2.05, 4.69) is 12.2 Å². The molecule has 0 spiro atoms. The van der Waals surface area contributed by atoms with Crippen molar-refractivity contribution in [2.24, 2.45) is 5.92 Å². The fourth-order valence-electron chi connectivity index (χ4n) is 4.33. The van der Waals surface area contributed by atoms with Crippen molar-refractivity contribution in [3.63, 3.8) is 0 Å². The van der Waals surface area contributed by atoms with Crippen molar-refractivity contribution in [3.05, 3.63) is 65.4 Å². The third kappa shape index (κ3) is 4.12. The van der Waals surface area contributed by atoms with Crippen molar-refractivity contribution in [1.82, 2.24) is 4.57 Å². The predicted molar refractivity (Wildman–Crippen MR) is 117 cm³/mol. The molecule has 0 atom stereocenters. The second-order valence-corrected chi connectivity index (χ2v) is 8.23. The molecule has 1 aromatic heterocycles. The first-order chi connectivity index (χ1) is 14.0. The standard InChI is InChI=1S/C25H28N2O2/c1-17-12-13-20(14-18(17)2)26-24(28)16-27-15-22(21-10-6-7-11-23(21)27)25(29)19-8-4-3-5-9-19/h6-7,10-15,19H,3-5,8-9,16H2,1-2H3,(H,26,28). The van der Waals surface area contributed by atoms with Crippen molar-refractivity contribution in [1.29, 1.82) is 0 Å². The molecule has 1 aliphatic rings. The van der Waals surface area contributed by atoms with Gasteiger partial charge in [-0.1, -0.05) is 43.5 Å². The van der Waals surface area contributed by atoms with Crippen LogP contribution in [0.2, 0.25) is 0 Å². The third-order valence-electron chi connectivity index (χ3n) is 6.13. The van der Waals surface area contributed by atoms with E-state index in [0.29, 0.717) is 0 Å². The number of nitrogens with zero attached hydrogens (tertiary/aromatic N) is 1. The van der Waals surface area contributed by atoms with Crippen LogP contribution in [0.5, 0.6) is 0 Å². The minimum atomic E-state index is -0.0920. The van der Waals surface area contributed by atoms with Crippen LogP contribution in [-0.4, -0.2) is 16.3 Å². The van der Waals surface area contributed by atoms with Crippen LogP contribution in [0.1, 0.15) is 53.6 Å². The summed E-state index contributed by atoms with van der Waals surface area (Å²) in [4.78, 5) is 25.8. The van der Waals surface area contributed by atoms with Crippen LogP contribution in [0.25, 0.3) is 10.9 Å².